The third-order valence-corrected chi connectivity index (χ3v) is 3.74. The summed E-state index contributed by atoms with van der Waals surface area (Å²) in [5.41, 5.74) is 2.20. The molecular formula is C19H21NO3. The number of hydrogen-bond donors (Lipinski definition) is 1. The van der Waals surface area contributed by atoms with Crippen molar-refractivity contribution in [2.24, 2.45) is 0 Å². The molecule has 0 aliphatic rings. The maximum atomic E-state index is 11.5. The molecule has 0 bridgehead atoms. The first-order chi connectivity index (χ1) is 11.2. The second-order valence-corrected chi connectivity index (χ2v) is 5.51. The molecule has 23 heavy (non-hydrogen) atoms. The highest BCUT2D eigenvalue weighted by Gasteiger charge is 2.19. The third-order valence-electron chi connectivity index (χ3n) is 3.74. The van der Waals surface area contributed by atoms with Crippen molar-refractivity contribution in [2.45, 2.75) is 32.0 Å². The quantitative estimate of drug-likeness (QED) is 0.723. The van der Waals surface area contributed by atoms with Crippen molar-refractivity contribution in [3.05, 3.63) is 71.8 Å². The Labute approximate surface area is 136 Å². The molecule has 0 radical (unpaired) electrons. The van der Waals surface area contributed by atoms with Gasteiger partial charge in [0.05, 0.1) is 6.04 Å². The molecule has 0 fully saturated rings. The molecule has 2 aromatic carbocycles. The van der Waals surface area contributed by atoms with Gasteiger partial charge in [-0.3, -0.25) is 9.69 Å². The van der Waals surface area contributed by atoms with E-state index >= 15 is 0 Å². The number of rotatable bonds is 9. The van der Waals surface area contributed by atoms with Gasteiger partial charge in [0.2, 0.25) is 0 Å². The molecule has 2 aromatic rings. The van der Waals surface area contributed by atoms with Crippen LogP contribution in [0.2, 0.25) is 0 Å². The van der Waals surface area contributed by atoms with Crippen molar-refractivity contribution in [3.63, 3.8) is 0 Å². The van der Waals surface area contributed by atoms with Crippen molar-refractivity contribution in [1.29, 1.82) is 0 Å². The fourth-order valence-electron chi connectivity index (χ4n) is 2.53. The molecule has 0 saturated heterocycles. The number of carbonyl (C=O) groups is 2. The van der Waals surface area contributed by atoms with Gasteiger partial charge >= 0.3 is 5.97 Å². The Bertz CT molecular complexity index is 572. The zero-order chi connectivity index (χ0) is 16.5. The number of aldehydes is 1. The van der Waals surface area contributed by atoms with E-state index in [-0.39, 0.29) is 6.42 Å². The summed E-state index contributed by atoms with van der Waals surface area (Å²) in [7, 11) is 0. The summed E-state index contributed by atoms with van der Waals surface area (Å²) in [5.74, 6) is -0.878. The van der Waals surface area contributed by atoms with Crippen molar-refractivity contribution in [2.75, 3.05) is 0 Å². The molecule has 1 N–H and O–H groups in total. The van der Waals surface area contributed by atoms with Crippen LogP contribution in [0.15, 0.2) is 60.7 Å². The number of hydrogen-bond acceptors (Lipinski definition) is 3. The van der Waals surface area contributed by atoms with Gasteiger partial charge in [-0.05, 0) is 17.5 Å². The van der Waals surface area contributed by atoms with E-state index in [2.05, 4.69) is 0 Å². The van der Waals surface area contributed by atoms with Gasteiger partial charge in [-0.1, -0.05) is 60.7 Å². The predicted octanol–water partition coefficient (Wildman–Crippen LogP) is 3.12. The normalized spacial score (nSPS) is 12.0. The zero-order valence-corrected chi connectivity index (χ0v) is 13.0. The van der Waals surface area contributed by atoms with Crippen molar-refractivity contribution < 1.29 is 14.7 Å². The molecule has 4 heteroatoms. The Hall–Kier alpha value is -2.46. The van der Waals surface area contributed by atoms with Gasteiger partial charge in [0.25, 0.3) is 0 Å². The van der Waals surface area contributed by atoms with Gasteiger partial charge in [-0.15, -0.1) is 0 Å². The molecule has 0 heterocycles. The van der Waals surface area contributed by atoms with Crippen LogP contribution in [0.3, 0.4) is 0 Å². The van der Waals surface area contributed by atoms with Crippen LogP contribution >= 0.6 is 0 Å². The number of aliphatic carboxylic acids is 1. The molecule has 120 valence electrons. The highest BCUT2D eigenvalue weighted by Crippen LogP contribution is 2.15. The Morgan fingerprint density at radius 2 is 1.43 bits per heavy atom. The van der Waals surface area contributed by atoms with Crippen molar-refractivity contribution in [1.82, 2.24) is 4.90 Å². The molecule has 0 aliphatic carbocycles. The highest BCUT2D eigenvalue weighted by molar-refractivity contribution is 5.68. The topological polar surface area (TPSA) is 57.6 Å². The van der Waals surface area contributed by atoms with Crippen LogP contribution in [0.1, 0.15) is 24.0 Å². The molecule has 0 aliphatic heterocycles. The first-order valence-corrected chi connectivity index (χ1v) is 7.68. The minimum atomic E-state index is -0.878. The summed E-state index contributed by atoms with van der Waals surface area (Å²) >= 11 is 0. The Morgan fingerprint density at radius 3 is 1.83 bits per heavy atom. The fourth-order valence-corrected chi connectivity index (χ4v) is 2.53. The number of carboxylic acid groups (broad SMARTS) is 1. The SMILES string of the molecule is O=C[C@H](CCC(=O)O)N(Cc1ccccc1)Cc1ccccc1. The van der Waals surface area contributed by atoms with E-state index in [1.165, 1.54) is 0 Å². The zero-order valence-electron chi connectivity index (χ0n) is 13.0. The number of carbonyl (C=O) groups excluding carboxylic acids is 1. The van der Waals surface area contributed by atoms with Gasteiger partial charge in [-0.25, -0.2) is 0 Å². The Kier molecular flexibility index (Phi) is 6.51. The average molecular weight is 311 g/mol. The molecule has 0 unspecified atom stereocenters. The van der Waals surface area contributed by atoms with Gasteiger partial charge in [0.15, 0.2) is 0 Å². The van der Waals surface area contributed by atoms with Crippen LogP contribution in [-0.4, -0.2) is 28.3 Å². The summed E-state index contributed by atoms with van der Waals surface area (Å²) in [6.45, 7) is 1.22. The molecule has 0 aromatic heterocycles. The van der Waals surface area contributed by atoms with E-state index in [1.54, 1.807) is 0 Å². The van der Waals surface area contributed by atoms with Gasteiger partial charge in [-0.2, -0.15) is 0 Å². The van der Waals surface area contributed by atoms with E-state index in [1.807, 2.05) is 65.6 Å². The molecular weight excluding hydrogens is 290 g/mol. The summed E-state index contributed by atoms with van der Waals surface area (Å²) in [6.07, 6.45) is 1.16. The fraction of sp³-hybridized carbons (Fsp3) is 0.263. The lowest BCUT2D eigenvalue weighted by Gasteiger charge is -2.28. The lowest BCUT2D eigenvalue weighted by atomic mass is 10.1. The predicted molar refractivity (Wildman–Crippen MR) is 88.9 cm³/mol. The number of benzene rings is 2. The Balaban J connectivity index is 2.15. The van der Waals surface area contributed by atoms with Crippen LogP contribution in [-0.2, 0) is 22.7 Å². The van der Waals surface area contributed by atoms with E-state index in [9.17, 15) is 9.59 Å². The standard InChI is InChI=1S/C19H21NO3/c21-15-18(11-12-19(22)23)20(13-16-7-3-1-4-8-16)14-17-9-5-2-6-10-17/h1-10,15,18H,11-14H2,(H,22,23)/t18-/m0/s1. The largest absolute Gasteiger partial charge is 0.481 e. The van der Waals surface area contributed by atoms with Crippen LogP contribution in [0.4, 0.5) is 0 Å². The van der Waals surface area contributed by atoms with Gasteiger partial charge < -0.3 is 9.90 Å². The monoisotopic (exact) mass is 311 g/mol. The summed E-state index contributed by atoms with van der Waals surface area (Å²) in [5, 5.41) is 8.88. The maximum absolute atomic E-state index is 11.5. The second kappa shape index (κ2) is 8.86. The minimum absolute atomic E-state index is 0.0104. The maximum Gasteiger partial charge on any atom is 0.303 e. The lowest BCUT2D eigenvalue weighted by molar-refractivity contribution is -0.137. The molecule has 2 rings (SSSR count). The molecule has 0 spiro atoms. The first-order valence-electron chi connectivity index (χ1n) is 7.68. The third kappa shape index (κ3) is 5.68. The highest BCUT2D eigenvalue weighted by atomic mass is 16.4. The lowest BCUT2D eigenvalue weighted by Crippen LogP contribution is -2.36. The van der Waals surface area contributed by atoms with Crippen LogP contribution in [0.5, 0.6) is 0 Å². The van der Waals surface area contributed by atoms with E-state index in [0.717, 1.165) is 17.4 Å². The summed E-state index contributed by atoms with van der Waals surface area (Å²) < 4.78 is 0. The first kappa shape index (κ1) is 16.9. The molecule has 1 atom stereocenters. The van der Waals surface area contributed by atoms with E-state index in [0.29, 0.717) is 19.5 Å². The number of carboxylic acids is 1. The van der Waals surface area contributed by atoms with Crippen molar-refractivity contribution in [3.8, 4) is 0 Å². The van der Waals surface area contributed by atoms with Crippen LogP contribution < -0.4 is 0 Å². The van der Waals surface area contributed by atoms with Gasteiger partial charge in [0.1, 0.15) is 6.29 Å². The van der Waals surface area contributed by atoms with E-state index in [4.69, 9.17) is 5.11 Å². The van der Waals surface area contributed by atoms with Crippen LogP contribution in [0.25, 0.3) is 0 Å². The summed E-state index contributed by atoms with van der Waals surface area (Å²) in [4.78, 5) is 24.4. The average Bonchev–Trinajstić information content (AvgIpc) is 2.57. The van der Waals surface area contributed by atoms with Crippen LogP contribution in [0, 0.1) is 0 Å². The number of nitrogens with zero attached hydrogens (tertiary/aromatic N) is 1. The van der Waals surface area contributed by atoms with E-state index < -0.39 is 12.0 Å². The minimum Gasteiger partial charge on any atom is -0.481 e. The molecule has 0 amide bonds. The van der Waals surface area contributed by atoms with Gasteiger partial charge in [0, 0.05) is 19.5 Å². The second-order valence-electron chi connectivity index (χ2n) is 5.51. The Morgan fingerprint density at radius 1 is 0.957 bits per heavy atom. The smallest absolute Gasteiger partial charge is 0.303 e. The van der Waals surface area contributed by atoms with Crippen molar-refractivity contribution >= 4 is 12.3 Å². The molecule has 0 saturated carbocycles. The molecule has 4 nitrogen and oxygen atoms in total. The summed E-state index contributed by atoms with van der Waals surface area (Å²) in [6, 6.07) is 19.4.